The number of amides is 3. The van der Waals surface area contributed by atoms with E-state index < -0.39 is 91.9 Å². The lowest BCUT2D eigenvalue weighted by atomic mass is 10.1. The van der Waals surface area contributed by atoms with Gasteiger partial charge in [0.2, 0.25) is 17.7 Å². The van der Waals surface area contributed by atoms with Crippen molar-refractivity contribution in [2.24, 2.45) is 0 Å². The maximum absolute atomic E-state index is 12.7. The van der Waals surface area contributed by atoms with Crippen molar-refractivity contribution in [1.29, 1.82) is 0 Å². The Hall–Kier alpha value is -3.58. The number of hydrogen-bond donors (Lipinski definition) is 13. The molecule has 6 unspecified atom stereocenters. The van der Waals surface area contributed by atoms with Crippen molar-refractivity contribution in [3.63, 3.8) is 0 Å². The van der Waals surface area contributed by atoms with Crippen molar-refractivity contribution in [3.8, 4) is 0 Å². The number of carboxylic acids is 3. The molecule has 0 radical (unpaired) electrons. The van der Waals surface area contributed by atoms with Crippen molar-refractivity contribution in [2.45, 2.75) is 94.2 Å². The molecule has 57 heavy (non-hydrogen) atoms. The maximum Gasteiger partial charge on any atom is 0.320 e. The molecule has 1 aliphatic rings. The van der Waals surface area contributed by atoms with Crippen molar-refractivity contribution in [1.82, 2.24) is 36.0 Å². The summed E-state index contributed by atoms with van der Waals surface area (Å²) in [4.78, 5) is 79.6. The Balaban J connectivity index is 3.22. The maximum atomic E-state index is 12.7. The van der Waals surface area contributed by atoms with Gasteiger partial charge >= 0.3 is 17.9 Å². The first kappa shape index (κ1) is 51.4. The molecule has 0 aliphatic carbocycles. The van der Waals surface area contributed by atoms with Crippen molar-refractivity contribution >= 4 is 35.6 Å². The molecule has 1 fully saturated rings. The lowest BCUT2D eigenvalue weighted by Crippen LogP contribution is -2.54. The van der Waals surface area contributed by atoms with Gasteiger partial charge < -0.3 is 67.2 Å². The fourth-order valence-corrected chi connectivity index (χ4v) is 6.26. The van der Waals surface area contributed by atoms with Gasteiger partial charge in [0.25, 0.3) is 0 Å². The number of aliphatic hydroxyl groups is 6. The molecule has 3 amide bonds. The summed E-state index contributed by atoms with van der Waals surface area (Å²) >= 11 is 0. The Bertz CT molecular complexity index is 1160. The van der Waals surface area contributed by atoms with E-state index >= 15 is 0 Å². The largest absolute Gasteiger partial charge is 0.480 e. The Morgan fingerprint density at radius 3 is 0.982 bits per heavy atom. The third-order valence-corrected chi connectivity index (χ3v) is 9.56. The molecule has 1 saturated heterocycles. The number of nitrogens with one attached hydrogen (secondary N) is 4. The van der Waals surface area contributed by atoms with Crippen LogP contribution in [0.25, 0.3) is 0 Å². The van der Waals surface area contributed by atoms with Crippen LogP contribution in [0, 0.1) is 0 Å². The number of nitrogens with zero attached hydrogens (tertiary/aromatic N) is 3. The smallest absolute Gasteiger partial charge is 0.320 e. The van der Waals surface area contributed by atoms with E-state index in [2.05, 4.69) is 21.3 Å². The zero-order chi connectivity index (χ0) is 42.8. The van der Waals surface area contributed by atoms with Gasteiger partial charge in [-0.25, -0.2) is 0 Å². The fourth-order valence-electron chi connectivity index (χ4n) is 6.26. The number of carbonyl (C=O) groups is 6. The number of carbonyl (C=O) groups excluding carboxylic acids is 3. The Morgan fingerprint density at radius 2 is 0.737 bits per heavy atom. The number of hydrogen-bond acceptors (Lipinski definition) is 16. The van der Waals surface area contributed by atoms with Crippen LogP contribution in [-0.4, -0.2) is 225 Å². The van der Waals surface area contributed by atoms with Crippen LogP contribution in [0.1, 0.15) is 57.8 Å². The van der Waals surface area contributed by atoms with Gasteiger partial charge in [-0.2, -0.15) is 0 Å². The molecule has 13 N–H and O–H groups in total. The van der Waals surface area contributed by atoms with Crippen LogP contribution in [0.3, 0.4) is 0 Å². The minimum absolute atomic E-state index is 0.00222. The standard InChI is InChI=1S/C35H65N7O15/c43-21-24(46)18-37-30(49)7-1-4-27(33(52)53)40-12-10-36-11-13-41(28(34(54)55)5-2-8-31(50)38-19-25(47)22-44)15-17-42(16-14-40)29(35(56)57)6-3-9-32(51)39-20-26(48)23-45/h24-29,36,43-48H,1-23H2,(H,37,49)(H,38,50)(H,39,51)(H,52,53)(H,54,55)(H,56,57). The summed E-state index contributed by atoms with van der Waals surface area (Å²) in [5.41, 5.74) is 0. The number of aliphatic carboxylic acids is 3. The van der Waals surface area contributed by atoms with Crippen LogP contribution in [0.5, 0.6) is 0 Å². The van der Waals surface area contributed by atoms with E-state index in [1.807, 2.05) is 0 Å². The molecule has 0 aromatic rings. The van der Waals surface area contributed by atoms with Gasteiger partial charge in [-0.05, 0) is 38.5 Å². The van der Waals surface area contributed by atoms with E-state index in [0.717, 1.165) is 0 Å². The normalized spacial score (nSPS) is 18.4. The summed E-state index contributed by atoms with van der Waals surface area (Å²) in [5, 5.41) is 96.8. The molecule has 1 aliphatic heterocycles. The molecule has 1 rings (SSSR count). The first-order valence-corrected chi connectivity index (χ1v) is 19.4. The molecule has 0 spiro atoms. The molecule has 1 heterocycles. The van der Waals surface area contributed by atoms with Crippen LogP contribution >= 0.6 is 0 Å². The first-order chi connectivity index (χ1) is 27.1. The van der Waals surface area contributed by atoms with Gasteiger partial charge in [-0.1, -0.05) is 0 Å². The summed E-state index contributed by atoms with van der Waals surface area (Å²) in [5.74, 6) is -4.83. The van der Waals surface area contributed by atoms with Gasteiger partial charge in [0.05, 0.1) is 38.1 Å². The molecule has 0 aromatic carbocycles. The average molecular weight is 824 g/mol. The molecule has 22 heteroatoms. The Kier molecular flexibility index (Phi) is 26.7. The summed E-state index contributed by atoms with van der Waals surface area (Å²) in [6.07, 6.45) is -2.94. The third-order valence-electron chi connectivity index (χ3n) is 9.56. The van der Waals surface area contributed by atoms with Gasteiger partial charge in [-0.3, -0.25) is 43.5 Å². The third kappa shape index (κ3) is 22.2. The lowest BCUT2D eigenvalue weighted by molar-refractivity contribution is -0.147. The van der Waals surface area contributed by atoms with Crippen molar-refractivity contribution in [3.05, 3.63) is 0 Å². The first-order valence-electron chi connectivity index (χ1n) is 19.4. The summed E-state index contributed by atoms with van der Waals surface area (Å²) in [6.45, 7) is -0.879. The molecule has 0 saturated carbocycles. The fraction of sp³-hybridized carbons (Fsp3) is 0.829. The zero-order valence-corrected chi connectivity index (χ0v) is 32.5. The van der Waals surface area contributed by atoms with Gasteiger partial charge in [0, 0.05) is 91.3 Å². The van der Waals surface area contributed by atoms with Crippen molar-refractivity contribution in [2.75, 3.05) is 91.8 Å². The highest BCUT2D eigenvalue weighted by Crippen LogP contribution is 2.16. The summed E-state index contributed by atoms with van der Waals surface area (Å²) in [6, 6.07) is -3.26. The second-order valence-electron chi connectivity index (χ2n) is 14.0. The average Bonchev–Trinajstić information content (AvgIpc) is 3.17. The minimum atomic E-state index is -1.21. The van der Waals surface area contributed by atoms with Crippen LogP contribution in [-0.2, 0) is 28.8 Å². The SMILES string of the molecule is O=C(CCCC(C(=O)O)N1CCNCCN(C(CCCC(=O)NCC(O)CO)C(=O)O)CCN(C(CCCC(=O)NCC(O)CO)C(=O)O)CC1)NCC(O)CO. The molecular formula is C35H65N7O15. The monoisotopic (exact) mass is 823 g/mol. The Labute approximate surface area is 332 Å². The highest BCUT2D eigenvalue weighted by molar-refractivity contribution is 5.78. The molecule has 330 valence electrons. The molecule has 0 bridgehead atoms. The molecule has 0 aromatic heterocycles. The molecule has 6 atom stereocenters. The van der Waals surface area contributed by atoms with E-state index in [-0.39, 0.29) is 130 Å². The highest BCUT2D eigenvalue weighted by atomic mass is 16.4. The zero-order valence-electron chi connectivity index (χ0n) is 32.5. The lowest BCUT2D eigenvalue weighted by Gasteiger charge is -2.37. The molecular weight excluding hydrogens is 758 g/mol. The van der Waals surface area contributed by atoms with E-state index in [1.165, 1.54) is 0 Å². The van der Waals surface area contributed by atoms with Crippen LogP contribution in [0.2, 0.25) is 0 Å². The number of carboxylic acid groups (broad SMARTS) is 3. The highest BCUT2D eigenvalue weighted by Gasteiger charge is 2.32. The van der Waals surface area contributed by atoms with Gasteiger partial charge in [0.1, 0.15) is 18.1 Å². The van der Waals surface area contributed by atoms with Gasteiger partial charge in [-0.15, -0.1) is 0 Å². The van der Waals surface area contributed by atoms with Crippen molar-refractivity contribution < 1.29 is 74.7 Å². The van der Waals surface area contributed by atoms with E-state index in [0.29, 0.717) is 0 Å². The van der Waals surface area contributed by atoms with Crippen LogP contribution in [0.15, 0.2) is 0 Å². The summed E-state index contributed by atoms with van der Waals surface area (Å²) in [7, 11) is 0. The second kappa shape index (κ2) is 29.6. The quantitative estimate of drug-likeness (QED) is 0.0368. The van der Waals surface area contributed by atoms with E-state index in [1.54, 1.807) is 14.7 Å². The van der Waals surface area contributed by atoms with Crippen LogP contribution < -0.4 is 21.3 Å². The predicted molar refractivity (Wildman–Crippen MR) is 202 cm³/mol. The number of aliphatic hydroxyl groups excluding tert-OH is 6. The number of rotatable bonds is 27. The van der Waals surface area contributed by atoms with E-state index in [4.69, 9.17) is 15.3 Å². The topological polar surface area (TPSA) is 342 Å². The molecule has 22 nitrogen and oxygen atoms in total. The predicted octanol–water partition coefficient (Wildman–Crippen LogP) is -5.23. The van der Waals surface area contributed by atoms with E-state index in [9.17, 15) is 59.4 Å². The van der Waals surface area contributed by atoms with Crippen LogP contribution in [0.4, 0.5) is 0 Å². The second-order valence-corrected chi connectivity index (χ2v) is 14.0. The Morgan fingerprint density at radius 1 is 0.474 bits per heavy atom. The summed E-state index contributed by atoms with van der Waals surface area (Å²) < 4.78 is 0. The minimum Gasteiger partial charge on any atom is -0.480 e. The van der Waals surface area contributed by atoms with Gasteiger partial charge in [0.15, 0.2) is 0 Å².